The van der Waals surface area contributed by atoms with Gasteiger partial charge in [-0.2, -0.15) is 5.26 Å². The predicted octanol–water partition coefficient (Wildman–Crippen LogP) is 2.30. The van der Waals surface area contributed by atoms with Crippen LogP contribution in [0.15, 0.2) is 48.5 Å². The summed E-state index contributed by atoms with van der Waals surface area (Å²) in [5, 5.41) is 14.6. The second-order valence-corrected chi connectivity index (χ2v) is 4.69. The minimum absolute atomic E-state index is 0.149. The van der Waals surface area contributed by atoms with Crippen molar-refractivity contribution in [3.8, 4) is 11.8 Å². The monoisotopic (exact) mass is 295 g/mol. The first-order valence-corrected chi connectivity index (χ1v) is 6.85. The van der Waals surface area contributed by atoms with Gasteiger partial charge in [-0.05, 0) is 35.9 Å². The fourth-order valence-corrected chi connectivity index (χ4v) is 1.94. The van der Waals surface area contributed by atoms with Crippen molar-refractivity contribution in [2.75, 3.05) is 19.0 Å². The van der Waals surface area contributed by atoms with Gasteiger partial charge in [-0.3, -0.25) is 4.79 Å². The Morgan fingerprint density at radius 1 is 1.23 bits per heavy atom. The number of carbonyl (C=O) groups excluding carboxylic acids is 1. The van der Waals surface area contributed by atoms with Crippen LogP contribution < -0.4 is 15.4 Å². The normalized spacial score (nSPS) is 9.82. The SMILES string of the molecule is COc1ccc(CNCC(=O)Nc2cccc(C#N)c2)cc1. The number of anilines is 1. The zero-order valence-corrected chi connectivity index (χ0v) is 12.3. The highest BCUT2D eigenvalue weighted by molar-refractivity contribution is 5.92. The minimum atomic E-state index is -0.149. The molecule has 0 spiro atoms. The van der Waals surface area contributed by atoms with Gasteiger partial charge in [-0.15, -0.1) is 0 Å². The lowest BCUT2D eigenvalue weighted by molar-refractivity contribution is -0.115. The maximum absolute atomic E-state index is 11.8. The summed E-state index contributed by atoms with van der Waals surface area (Å²) in [5.41, 5.74) is 2.21. The van der Waals surface area contributed by atoms with E-state index in [2.05, 4.69) is 10.6 Å². The number of amides is 1. The largest absolute Gasteiger partial charge is 0.497 e. The molecule has 1 amide bonds. The van der Waals surface area contributed by atoms with E-state index >= 15 is 0 Å². The van der Waals surface area contributed by atoms with Gasteiger partial charge in [0.05, 0.1) is 25.3 Å². The standard InChI is InChI=1S/C17H17N3O2/c1-22-16-7-5-13(6-8-16)11-19-12-17(21)20-15-4-2-3-14(9-15)10-18/h2-9,19H,11-12H2,1H3,(H,20,21). The van der Waals surface area contributed by atoms with E-state index in [4.69, 9.17) is 10.00 Å². The molecule has 0 aliphatic carbocycles. The molecule has 0 bridgehead atoms. The summed E-state index contributed by atoms with van der Waals surface area (Å²) in [5.74, 6) is 0.655. The Hall–Kier alpha value is -2.84. The van der Waals surface area contributed by atoms with Crippen molar-refractivity contribution >= 4 is 11.6 Å². The molecule has 0 fully saturated rings. The lowest BCUT2D eigenvalue weighted by Gasteiger charge is -2.07. The summed E-state index contributed by atoms with van der Waals surface area (Å²) in [6.45, 7) is 0.790. The van der Waals surface area contributed by atoms with Crippen LogP contribution in [0.1, 0.15) is 11.1 Å². The summed E-state index contributed by atoms with van der Waals surface area (Å²) < 4.78 is 5.09. The molecule has 0 aliphatic heterocycles. The van der Waals surface area contributed by atoms with Crippen LogP contribution in [-0.2, 0) is 11.3 Å². The molecule has 5 heteroatoms. The molecule has 5 nitrogen and oxygen atoms in total. The molecule has 2 rings (SSSR count). The lowest BCUT2D eigenvalue weighted by Crippen LogP contribution is -2.27. The molecule has 22 heavy (non-hydrogen) atoms. The van der Waals surface area contributed by atoms with Crippen LogP contribution in [0, 0.1) is 11.3 Å². The molecule has 2 N–H and O–H groups in total. The minimum Gasteiger partial charge on any atom is -0.497 e. The quantitative estimate of drug-likeness (QED) is 0.857. The van der Waals surface area contributed by atoms with E-state index < -0.39 is 0 Å². The van der Waals surface area contributed by atoms with Gasteiger partial charge >= 0.3 is 0 Å². The number of benzene rings is 2. The topological polar surface area (TPSA) is 74.2 Å². The number of ether oxygens (including phenoxy) is 1. The van der Waals surface area contributed by atoms with Gasteiger partial charge in [0, 0.05) is 12.2 Å². The van der Waals surface area contributed by atoms with Crippen LogP contribution in [-0.4, -0.2) is 19.6 Å². The van der Waals surface area contributed by atoms with Gasteiger partial charge in [0.25, 0.3) is 0 Å². The van der Waals surface area contributed by atoms with E-state index in [0.29, 0.717) is 17.8 Å². The first kappa shape index (κ1) is 15.5. The molecular formula is C17H17N3O2. The van der Waals surface area contributed by atoms with Crippen molar-refractivity contribution in [1.82, 2.24) is 5.32 Å². The average molecular weight is 295 g/mol. The summed E-state index contributed by atoms with van der Waals surface area (Å²) in [7, 11) is 1.62. The van der Waals surface area contributed by atoms with Crippen LogP contribution in [0.25, 0.3) is 0 Å². The predicted molar refractivity (Wildman–Crippen MR) is 84.5 cm³/mol. The number of nitriles is 1. The van der Waals surface area contributed by atoms with Gasteiger partial charge in [0.1, 0.15) is 5.75 Å². The van der Waals surface area contributed by atoms with Gasteiger partial charge in [0.2, 0.25) is 5.91 Å². The number of hydrogen-bond acceptors (Lipinski definition) is 4. The number of nitrogens with one attached hydrogen (secondary N) is 2. The van der Waals surface area contributed by atoms with Crippen molar-refractivity contribution < 1.29 is 9.53 Å². The average Bonchev–Trinajstić information content (AvgIpc) is 2.55. The van der Waals surface area contributed by atoms with E-state index in [9.17, 15) is 4.79 Å². The number of hydrogen-bond donors (Lipinski definition) is 2. The lowest BCUT2D eigenvalue weighted by atomic mass is 10.2. The van der Waals surface area contributed by atoms with Crippen molar-refractivity contribution in [3.05, 3.63) is 59.7 Å². The number of methoxy groups -OCH3 is 1. The Morgan fingerprint density at radius 2 is 2.00 bits per heavy atom. The molecule has 0 saturated carbocycles. The highest BCUT2D eigenvalue weighted by Gasteiger charge is 2.03. The van der Waals surface area contributed by atoms with Gasteiger partial charge < -0.3 is 15.4 Å². The molecule has 112 valence electrons. The smallest absolute Gasteiger partial charge is 0.238 e. The van der Waals surface area contributed by atoms with Gasteiger partial charge in [0.15, 0.2) is 0 Å². The van der Waals surface area contributed by atoms with Crippen LogP contribution in [0.3, 0.4) is 0 Å². The van der Waals surface area contributed by atoms with E-state index in [1.54, 1.807) is 31.4 Å². The van der Waals surface area contributed by atoms with Crippen molar-refractivity contribution in [2.24, 2.45) is 0 Å². The molecule has 2 aromatic carbocycles. The van der Waals surface area contributed by atoms with E-state index in [1.807, 2.05) is 30.3 Å². The van der Waals surface area contributed by atoms with E-state index in [0.717, 1.165) is 11.3 Å². The van der Waals surface area contributed by atoms with Crippen LogP contribution in [0.5, 0.6) is 5.75 Å². The second kappa shape index (κ2) is 7.81. The zero-order chi connectivity index (χ0) is 15.8. The highest BCUT2D eigenvalue weighted by Crippen LogP contribution is 2.11. The van der Waals surface area contributed by atoms with Crippen LogP contribution in [0.4, 0.5) is 5.69 Å². The molecule has 0 atom stereocenters. The fourth-order valence-electron chi connectivity index (χ4n) is 1.94. The molecule has 0 saturated heterocycles. The first-order chi connectivity index (χ1) is 10.7. The molecule has 2 aromatic rings. The van der Waals surface area contributed by atoms with Gasteiger partial charge in [-0.1, -0.05) is 18.2 Å². The number of rotatable bonds is 6. The first-order valence-electron chi connectivity index (χ1n) is 6.85. The Balaban J connectivity index is 1.78. The third-order valence-corrected chi connectivity index (χ3v) is 3.05. The van der Waals surface area contributed by atoms with E-state index in [-0.39, 0.29) is 12.5 Å². The molecule has 0 aromatic heterocycles. The maximum atomic E-state index is 11.8. The second-order valence-electron chi connectivity index (χ2n) is 4.69. The summed E-state index contributed by atoms with van der Waals surface area (Å²) in [6.07, 6.45) is 0. The maximum Gasteiger partial charge on any atom is 0.238 e. The molecular weight excluding hydrogens is 278 g/mol. The third-order valence-electron chi connectivity index (χ3n) is 3.05. The fraction of sp³-hybridized carbons (Fsp3) is 0.176. The molecule has 0 unspecified atom stereocenters. The van der Waals surface area contributed by atoms with Crippen molar-refractivity contribution in [3.63, 3.8) is 0 Å². The Bertz CT molecular complexity index is 675. The number of carbonyl (C=O) groups is 1. The molecule has 0 heterocycles. The Kier molecular flexibility index (Phi) is 5.52. The van der Waals surface area contributed by atoms with Crippen LogP contribution >= 0.6 is 0 Å². The number of nitrogens with zero attached hydrogens (tertiary/aromatic N) is 1. The van der Waals surface area contributed by atoms with Crippen molar-refractivity contribution in [2.45, 2.75) is 6.54 Å². The summed E-state index contributed by atoms with van der Waals surface area (Å²) >= 11 is 0. The van der Waals surface area contributed by atoms with Crippen LogP contribution in [0.2, 0.25) is 0 Å². The summed E-state index contributed by atoms with van der Waals surface area (Å²) in [6, 6.07) is 16.5. The van der Waals surface area contributed by atoms with Crippen molar-refractivity contribution in [1.29, 1.82) is 5.26 Å². The van der Waals surface area contributed by atoms with Gasteiger partial charge in [-0.25, -0.2) is 0 Å². The Morgan fingerprint density at radius 3 is 2.68 bits per heavy atom. The summed E-state index contributed by atoms with van der Waals surface area (Å²) in [4.78, 5) is 11.8. The molecule has 0 aliphatic rings. The third kappa shape index (κ3) is 4.62. The van der Waals surface area contributed by atoms with E-state index in [1.165, 1.54) is 0 Å². The zero-order valence-electron chi connectivity index (χ0n) is 12.3. The Labute approximate surface area is 129 Å². The highest BCUT2D eigenvalue weighted by atomic mass is 16.5. The molecule has 0 radical (unpaired) electrons.